The Morgan fingerprint density at radius 2 is 2.38 bits per heavy atom. The van der Waals surface area contributed by atoms with E-state index in [-0.39, 0.29) is 11.8 Å². The summed E-state index contributed by atoms with van der Waals surface area (Å²) < 4.78 is 4.97. The molecule has 1 rings (SSSR count). The summed E-state index contributed by atoms with van der Waals surface area (Å²) in [6.07, 6.45) is 1.92. The van der Waals surface area contributed by atoms with Gasteiger partial charge in [0.15, 0.2) is 0 Å². The van der Waals surface area contributed by atoms with Crippen LogP contribution in [0.4, 0.5) is 0 Å². The topological polar surface area (TPSA) is 75.0 Å². The summed E-state index contributed by atoms with van der Waals surface area (Å²) in [6.45, 7) is 3.71. The molecule has 0 saturated carbocycles. The maximum absolute atomic E-state index is 11.2. The van der Waals surface area contributed by atoms with E-state index >= 15 is 0 Å². The van der Waals surface area contributed by atoms with Crippen molar-refractivity contribution in [1.82, 2.24) is 9.97 Å². The lowest BCUT2D eigenvalue weighted by Crippen LogP contribution is -2.15. The standard InChI is InChI=1S/C8H12N2O3/c1-3-5(2)13-7(11)6-4-9-8(12)10-6/h4-5H,3H2,1-2H3,(H2,9,10,12). The summed E-state index contributed by atoms with van der Waals surface area (Å²) in [5.74, 6) is -0.507. The Kier molecular flexibility index (Phi) is 2.89. The number of aromatic nitrogens is 2. The van der Waals surface area contributed by atoms with Gasteiger partial charge in [-0.2, -0.15) is 0 Å². The van der Waals surface area contributed by atoms with Gasteiger partial charge in [0, 0.05) is 6.20 Å². The van der Waals surface area contributed by atoms with Crippen LogP contribution in [0.25, 0.3) is 0 Å². The molecule has 0 aromatic carbocycles. The van der Waals surface area contributed by atoms with Gasteiger partial charge in [-0.3, -0.25) is 0 Å². The number of esters is 1. The van der Waals surface area contributed by atoms with Gasteiger partial charge >= 0.3 is 11.7 Å². The van der Waals surface area contributed by atoms with Crippen molar-refractivity contribution in [3.63, 3.8) is 0 Å². The van der Waals surface area contributed by atoms with E-state index in [4.69, 9.17) is 4.74 Å². The molecule has 72 valence electrons. The quantitative estimate of drug-likeness (QED) is 0.677. The second kappa shape index (κ2) is 3.93. The number of imidazole rings is 1. The molecule has 0 aliphatic rings. The summed E-state index contributed by atoms with van der Waals surface area (Å²) in [4.78, 5) is 26.5. The number of nitrogens with one attached hydrogen (secondary N) is 2. The summed E-state index contributed by atoms with van der Waals surface area (Å²) in [7, 11) is 0. The number of H-pyrrole nitrogens is 2. The van der Waals surface area contributed by atoms with E-state index in [2.05, 4.69) is 9.97 Å². The van der Waals surface area contributed by atoms with Crippen molar-refractivity contribution in [3.8, 4) is 0 Å². The van der Waals surface area contributed by atoms with Crippen LogP contribution in [0.1, 0.15) is 30.8 Å². The zero-order valence-corrected chi connectivity index (χ0v) is 7.59. The second-order valence-corrected chi connectivity index (χ2v) is 2.78. The third kappa shape index (κ3) is 2.47. The molecule has 0 fully saturated rings. The summed E-state index contributed by atoms with van der Waals surface area (Å²) >= 11 is 0. The summed E-state index contributed by atoms with van der Waals surface area (Å²) in [5, 5.41) is 0. The monoisotopic (exact) mass is 184 g/mol. The van der Waals surface area contributed by atoms with Crippen molar-refractivity contribution in [2.45, 2.75) is 26.4 Å². The number of hydrogen-bond acceptors (Lipinski definition) is 3. The van der Waals surface area contributed by atoms with Crippen LogP contribution >= 0.6 is 0 Å². The zero-order valence-electron chi connectivity index (χ0n) is 7.59. The average molecular weight is 184 g/mol. The minimum atomic E-state index is -0.507. The predicted molar refractivity (Wildman–Crippen MR) is 46.6 cm³/mol. The zero-order chi connectivity index (χ0) is 9.84. The van der Waals surface area contributed by atoms with Gasteiger partial charge in [-0.15, -0.1) is 0 Å². The maximum Gasteiger partial charge on any atom is 0.356 e. The molecule has 0 radical (unpaired) electrons. The van der Waals surface area contributed by atoms with Gasteiger partial charge in [-0.1, -0.05) is 6.92 Å². The lowest BCUT2D eigenvalue weighted by molar-refractivity contribution is 0.0328. The molecule has 1 aromatic rings. The minimum absolute atomic E-state index is 0.133. The molecule has 2 N–H and O–H groups in total. The molecule has 0 amide bonds. The molecular weight excluding hydrogens is 172 g/mol. The van der Waals surface area contributed by atoms with Crippen molar-refractivity contribution >= 4 is 5.97 Å². The van der Waals surface area contributed by atoms with E-state index in [1.807, 2.05) is 6.92 Å². The van der Waals surface area contributed by atoms with Crippen LogP contribution in [0.2, 0.25) is 0 Å². The van der Waals surface area contributed by atoms with E-state index in [0.717, 1.165) is 6.42 Å². The smallest absolute Gasteiger partial charge is 0.356 e. The molecule has 1 unspecified atom stereocenters. The fourth-order valence-electron chi connectivity index (χ4n) is 0.772. The van der Waals surface area contributed by atoms with E-state index in [9.17, 15) is 9.59 Å². The summed E-state index contributed by atoms with van der Waals surface area (Å²) in [5.41, 5.74) is -0.249. The fraction of sp³-hybridized carbons (Fsp3) is 0.500. The molecule has 13 heavy (non-hydrogen) atoms. The summed E-state index contributed by atoms with van der Waals surface area (Å²) in [6, 6.07) is 0. The Balaban J connectivity index is 2.64. The molecule has 5 nitrogen and oxygen atoms in total. The van der Waals surface area contributed by atoms with Crippen LogP contribution in [0.3, 0.4) is 0 Å². The lowest BCUT2D eigenvalue weighted by atomic mass is 10.3. The normalized spacial score (nSPS) is 12.5. The third-order valence-electron chi connectivity index (χ3n) is 1.70. The number of hydrogen-bond donors (Lipinski definition) is 2. The molecular formula is C8H12N2O3. The highest BCUT2D eigenvalue weighted by Crippen LogP contribution is 2.00. The van der Waals surface area contributed by atoms with Gasteiger partial charge < -0.3 is 14.7 Å². The Morgan fingerprint density at radius 1 is 1.69 bits per heavy atom. The highest BCUT2D eigenvalue weighted by Gasteiger charge is 2.11. The average Bonchev–Trinajstić information content (AvgIpc) is 2.51. The molecule has 0 saturated heterocycles. The Labute approximate surface area is 75.1 Å². The molecule has 1 atom stereocenters. The first-order chi connectivity index (χ1) is 6.13. The molecule has 0 aliphatic heterocycles. The van der Waals surface area contributed by atoms with Crippen molar-refractivity contribution in [2.75, 3.05) is 0 Å². The number of rotatable bonds is 3. The van der Waals surface area contributed by atoms with Crippen LogP contribution in [-0.4, -0.2) is 22.0 Å². The lowest BCUT2D eigenvalue weighted by Gasteiger charge is -2.08. The van der Waals surface area contributed by atoms with Gasteiger partial charge in [0.2, 0.25) is 0 Å². The highest BCUT2D eigenvalue weighted by molar-refractivity contribution is 5.86. The first-order valence-electron chi connectivity index (χ1n) is 4.12. The van der Waals surface area contributed by atoms with Gasteiger partial charge in [-0.25, -0.2) is 9.59 Å². The van der Waals surface area contributed by atoms with E-state index in [1.54, 1.807) is 6.92 Å². The van der Waals surface area contributed by atoms with Gasteiger partial charge in [0.05, 0.1) is 6.10 Å². The van der Waals surface area contributed by atoms with E-state index < -0.39 is 11.7 Å². The third-order valence-corrected chi connectivity index (χ3v) is 1.70. The van der Waals surface area contributed by atoms with Crippen molar-refractivity contribution in [3.05, 3.63) is 22.4 Å². The van der Waals surface area contributed by atoms with Crippen LogP contribution in [-0.2, 0) is 4.74 Å². The number of aromatic amines is 2. The minimum Gasteiger partial charge on any atom is -0.458 e. The van der Waals surface area contributed by atoms with Crippen molar-refractivity contribution in [2.24, 2.45) is 0 Å². The number of carbonyl (C=O) groups is 1. The number of ether oxygens (including phenoxy) is 1. The van der Waals surface area contributed by atoms with E-state index in [1.165, 1.54) is 6.20 Å². The van der Waals surface area contributed by atoms with Gasteiger partial charge in [0.25, 0.3) is 0 Å². The molecule has 0 spiro atoms. The molecule has 1 aromatic heterocycles. The maximum atomic E-state index is 11.2. The predicted octanol–water partition coefficient (Wildman–Crippen LogP) is 0.658. The van der Waals surface area contributed by atoms with Gasteiger partial charge in [-0.05, 0) is 13.3 Å². The van der Waals surface area contributed by atoms with E-state index in [0.29, 0.717) is 0 Å². The molecule has 0 aliphatic carbocycles. The van der Waals surface area contributed by atoms with Crippen molar-refractivity contribution in [1.29, 1.82) is 0 Å². The molecule has 5 heteroatoms. The van der Waals surface area contributed by atoms with Gasteiger partial charge in [0.1, 0.15) is 5.69 Å². The fourth-order valence-corrected chi connectivity index (χ4v) is 0.772. The Morgan fingerprint density at radius 3 is 2.85 bits per heavy atom. The molecule has 0 bridgehead atoms. The van der Waals surface area contributed by atoms with Crippen LogP contribution < -0.4 is 5.69 Å². The molecule has 1 heterocycles. The van der Waals surface area contributed by atoms with Crippen LogP contribution in [0.15, 0.2) is 11.0 Å². The largest absolute Gasteiger partial charge is 0.458 e. The van der Waals surface area contributed by atoms with Crippen LogP contribution in [0, 0.1) is 0 Å². The SMILES string of the molecule is CCC(C)OC(=O)c1c[nH]c(=O)[nH]1. The van der Waals surface area contributed by atoms with Crippen molar-refractivity contribution < 1.29 is 9.53 Å². The second-order valence-electron chi connectivity index (χ2n) is 2.78. The first kappa shape index (κ1) is 9.57. The Bertz CT molecular complexity index is 339. The number of carbonyl (C=O) groups excluding carboxylic acids is 1. The highest BCUT2D eigenvalue weighted by atomic mass is 16.5. The van der Waals surface area contributed by atoms with Crippen LogP contribution in [0.5, 0.6) is 0 Å². The Hall–Kier alpha value is -1.52. The first-order valence-corrected chi connectivity index (χ1v) is 4.12.